The van der Waals surface area contributed by atoms with Gasteiger partial charge in [-0.2, -0.15) is 0 Å². The third-order valence-electron chi connectivity index (χ3n) is 2.69. The summed E-state index contributed by atoms with van der Waals surface area (Å²) in [5.41, 5.74) is 2.91. The zero-order valence-electron chi connectivity index (χ0n) is 9.20. The molecule has 0 fully saturated rings. The van der Waals surface area contributed by atoms with Gasteiger partial charge in [0.25, 0.3) is 0 Å². The van der Waals surface area contributed by atoms with Crippen molar-refractivity contribution in [2.45, 2.75) is 6.92 Å². The largest absolute Gasteiger partial charge is 0.263 e. The Morgan fingerprint density at radius 1 is 0.867 bits per heavy atom. The van der Waals surface area contributed by atoms with Crippen LogP contribution in [0.3, 0.4) is 0 Å². The molecule has 0 aromatic heterocycles. The third-order valence-corrected chi connectivity index (χ3v) is 4.43. The van der Waals surface area contributed by atoms with Gasteiger partial charge in [0.1, 0.15) is 0 Å². The van der Waals surface area contributed by atoms with Gasteiger partial charge < -0.3 is 0 Å². The molecule has 0 spiro atoms. The van der Waals surface area contributed by atoms with Crippen molar-refractivity contribution in [3.8, 4) is 0 Å². The van der Waals surface area contributed by atoms with E-state index >= 15 is 0 Å². The van der Waals surface area contributed by atoms with Gasteiger partial charge >= 0.3 is 0 Å². The van der Waals surface area contributed by atoms with E-state index in [1.165, 1.54) is 10.9 Å². The van der Waals surface area contributed by atoms with Crippen molar-refractivity contribution < 1.29 is 0 Å². The second-order valence-corrected chi connectivity index (χ2v) is 5.60. The maximum Gasteiger partial charge on any atom is 0.0247 e. The lowest BCUT2D eigenvalue weighted by molar-refractivity contribution is 1.49. The lowest BCUT2D eigenvalue weighted by atomic mass is 9.94. The predicted octanol–water partition coefficient (Wildman–Crippen LogP) is 1.71. The molecular weight excluding hydrogens is 198 g/mol. The highest BCUT2D eigenvalue weighted by atomic mass is 31.1. The Bertz CT molecular complexity index is 408. The van der Waals surface area contributed by atoms with Crippen LogP contribution in [0.2, 0.25) is 0 Å². The molecular formula is C13H15BP-. The summed E-state index contributed by atoms with van der Waals surface area (Å²) in [6, 6.07) is 19.8. The molecule has 0 aliphatic rings. The van der Waals surface area contributed by atoms with E-state index in [9.17, 15) is 0 Å². The summed E-state index contributed by atoms with van der Waals surface area (Å²) in [6.07, 6.45) is 0. The van der Waals surface area contributed by atoms with Crippen LogP contribution in [0.5, 0.6) is 0 Å². The van der Waals surface area contributed by atoms with Gasteiger partial charge in [-0.25, -0.2) is 5.46 Å². The fourth-order valence-corrected chi connectivity index (χ4v) is 3.13. The highest BCUT2D eigenvalue weighted by Crippen LogP contribution is 2.06. The SMILES string of the molecule is Cc1ccc([BH2-]Pc2ccccc2)cc1. The topological polar surface area (TPSA) is 0 Å². The summed E-state index contributed by atoms with van der Waals surface area (Å²) in [5, 5.41) is 1.50. The van der Waals surface area contributed by atoms with Crippen LogP contribution in [-0.4, -0.2) is 7.00 Å². The Balaban J connectivity index is 1.96. The molecule has 15 heavy (non-hydrogen) atoms. The van der Waals surface area contributed by atoms with Crippen LogP contribution in [0.4, 0.5) is 0 Å². The van der Waals surface area contributed by atoms with Crippen molar-refractivity contribution in [1.29, 1.82) is 0 Å². The number of rotatable bonds is 3. The molecule has 0 aliphatic carbocycles. The fraction of sp³-hybridized carbons (Fsp3) is 0.0769. The molecule has 1 atom stereocenters. The van der Waals surface area contributed by atoms with Crippen molar-refractivity contribution in [2.24, 2.45) is 0 Å². The van der Waals surface area contributed by atoms with E-state index in [4.69, 9.17) is 0 Å². The molecule has 0 radical (unpaired) electrons. The first-order chi connectivity index (χ1) is 7.34. The van der Waals surface area contributed by atoms with E-state index in [1.54, 1.807) is 5.46 Å². The molecule has 0 nitrogen and oxygen atoms in total. The van der Waals surface area contributed by atoms with Crippen molar-refractivity contribution in [2.75, 3.05) is 0 Å². The third kappa shape index (κ3) is 3.21. The molecule has 0 bridgehead atoms. The minimum atomic E-state index is 0.0276. The van der Waals surface area contributed by atoms with E-state index < -0.39 is 0 Å². The Morgan fingerprint density at radius 3 is 2.20 bits per heavy atom. The number of hydrogen-bond donors (Lipinski definition) is 0. The molecule has 1 unspecified atom stereocenters. The van der Waals surface area contributed by atoms with E-state index in [-0.39, 0.29) is 7.00 Å². The van der Waals surface area contributed by atoms with Gasteiger partial charge in [0.05, 0.1) is 0 Å². The summed E-state index contributed by atoms with van der Waals surface area (Å²) in [4.78, 5) is 0. The Kier molecular flexibility index (Phi) is 3.58. The molecule has 2 aromatic rings. The summed E-state index contributed by atoms with van der Waals surface area (Å²) in [5.74, 6) is 0. The van der Waals surface area contributed by atoms with E-state index in [2.05, 4.69) is 61.5 Å². The zero-order chi connectivity index (χ0) is 10.5. The van der Waals surface area contributed by atoms with Gasteiger partial charge in [-0.3, -0.25) is 8.46 Å². The lowest BCUT2D eigenvalue weighted by Gasteiger charge is -2.09. The summed E-state index contributed by atoms with van der Waals surface area (Å²) in [7, 11) is 1.00. The molecule has 2 aromatic carbocycles. The molecule has 0 N–H and O–H groups in total. The molecule has 0 saturated heterocycles. The van der Waals surface area contributed by atoms with Crippen LogP contribution in [0, 0.1) is 6.92 Å². The molecule has 2 rings (SSSR count). The number of aryl methyl sites for hydroxylation is 1. The van der Waals surface area contributed by atoms with Crippen LogP contribution >= 0.6 is 8.46 Å². The number of hydrogen-bond acceptors (Lipinski definition) is 0. The monoisotopic (exact) mass is 213 g/mol. The Morgan fingerprint density at radius 2 is 1.53 bits per heavy atom. The second kappa shape index (κ2) is 5.14. The first kappa shape index (κ1) is 10.5. The maximum absolute atomic E-state index is 2.28. The maximum atomic E-state index is 2.28. The molecule has 2 heteroatoms. The molecule has 0 heterocycles. The van der Waals surface area contributed by atoms with Crippen LogP contribution in [0.15, 0.2) is 54.6 Å². The summed E-state index contributed by atoms with van der Waals surface area (Å²) < 4.78 is 0. The Labute approximate surface area is 93.7 Å². The van der Waals surface area contributed by atoms with Gasteiger partial charge in [0.2, 0.25) is 0 Å². The van der Waals surface area contributed by atoms with Gasteiger partial charge in [0, 0.05) is 7.00 Å². The quantitative estimate of drug-likeness (QED) is 0.537. The smallest absolute Gasteiger partial charge is 0.0247 e. The van der Waals surface area contributed by atoms with Crippen molar-refractivity contribution in [3.05, 3.63) is 60.2 Å². The van der Waals surface area contributed by atoms with Crippen LogP contribution in [0.25, 0.3) is 0 Å². The van der Waals surface area contributed by atoms with Gasteiger partial charge in [-0.05, 0) is 6.92 Å². The molecule has 0 saturated carbocycles. The average Bonchev–Trinajstić information content (AvgIpc) is 2.30. The minimum absolute atomic E-state index is 0.0276. The zero-order valence-corrected chi connectivity index (χ0v) is 10.2. The fourth-order valence-electron chi connectivity index (χ4n) is 1.70. The van der Waals surface area contributed by atoms with Crippen molar-refractivity contribution >= 4 is 26.2 Å². The first-order valence-corrected chi connectivity index (χ1v) is 6.98. The Hall–Kier alpha value is -1.07. The van der Waals surface area contributed by atoms with E-state index in [0.29, 0.717) is 0 Å². The predicted molar refractivity (Wildman–Crippen MR) is 73.7 cm³/mol. The van der Waals surface area contributed by atoms with E-state index in [1.807, 2.05) is 0 Å². The molecule has 0 aliphatic heterocycles. The summed E-state index contributed by atoms with van der Waals surface area (Å²) >= 11 is 0. The van der Waals surface area contributed by atoms with Crippen LogP contribution in [-0.2, 0) is 0 Å². The van der Waals surface area contributed by atoms with E-state index in [0.717, 1.165) is 8.46 Å². The normalized spacial score (nSPS) is 11.0. The highest BCUT2D eigenvalue weighted by molar-refractivity contribution is 7.79. The number of benzene rings is 2. The second-order valence-electron chi connectivity index (χ2n) is 4.02. The standard InChI is InChI=1S/C13H15BP/c1-11-7-9-12(10-8-11)14-15-13-5-3-2-4-6-13/h2-10,15H,14H2,1H3/q-1. The van der Waals surface area contributed by atoms with Crippen molar-refractivity contribution in [1.82, 2.24) is 0 Å². The first-order valence-electron chi connectivity index (χ1n) is 5.48. The van der Waals surface area contributed by atoms with Crippen LogP contribution < -0.4 is 10.8 Å². The van der Waals surface area contributed by atoms with Gasteiger partial charge in [-0.15, -0.1) is 0 Å². The molecule has 0 amide bonds. The van der Waals surface area contributed by atoms with Gasteiger partial charge in [0.15, 0.2) is 0 Å². The molecule has 76 valence electrons. The van der Waals surface area contributed by atoms with Crippen LogP contribution in [0.1, 0.15) is 5.56 Å². The van der Waals surface area contributed by atoms with Crippen molar-refractivity contribution in [3.63, 3.8) is 0 Å². The highest BCUT2D eigenvalue weighted by Gasteiger charge is 1.88. The van der Waals surface area contributed by atoms with Gasteiger partial charge in [-0.1, -0.05) is 65.5 Å². The lowest BCUT2D eigenvalue weighted by Crippen LogP contribution is -2.11. The minimum Gasteiger partial charge on any atom is -0.263 e. The average molecular weight is 213 g/mol. The summed E-state index contributed by atoms with van der Waals surface area (Å²) in [6.45, 7) is 2.17.